The minimum Gasteiger partial charge on any atom is -0.494 e. The van der Waals surface area contributed by atoms with E-state index < -0.39 is 6.10 Å². The first-order valence-electron chi connectivity index (χ1n) is 13.8. The second-order valence-corrected chi connectivity index (χ2v) is 12.2. The molecule has 0 N–H and O–H groups in total. The molecule has 1 unspecified atom stereocenters. The van der Waals surface area contributed by atoms with Gasteiger partial charge in [0.2, 0.25) is 0 Å². The summed E-state index contributed by atoms with van der Waals surface area (Å²) in [5.74, 6) is 1.47. The quantitative estimate of drug-likeness (QED) is 0.233. The second kappa shape index (κ2) is 13.7. The number of nitrogens with zero attached hydrogens (tertiary/aromatic N) is 1. The molecule has 4 rings (SSSR count). The van der Waals surface area contributed by atoms with Gasteiger partial charge in [0.25, 0.3) is 5.91 Å². The molecule has 3 atom stereocenters. The number of thioether (sulfide) groups is 1. The van der Waals surface area contributed by atoms with Gasteiger partial charge < -0.3 is 14.4 Å². The number of halogens is 1. The third kappa shape index (κ3) is 7.28. The van der Waals surface area contributed by atoms with Crippen molar-refractivity contribution in [2.75, 3.05) is 26.5 Å². The first-order chi connectivity index (χ1) is 19.2. The molecule has 0 saturated carbocycles. The molecule has 0 spiro atoms. The molecule has 0 aromatic heterocycles. The summed E-state index contributed by atoms with van der Waals surface area (Å²) in [6, 6.07) is 21.7. The summed E-state index contributed by atoms with van der Waals surface area (Å²) in [4.78, 5) is 28.6. The number of Topliss-reactive ketones (excluding diaryl/α,β-unsaturated/α-hetero) is 1. The van der Waals surface area contributed by atoms with Gasteiger partial charge in [-0.3, -0.25) is 9.59 Å². The van der Waals surface area contributed by atoms with E-state index in [0.29, 0.717) is 35.8 Å². The summed E-state index contributed by atoms with van der Waals surface area (Å²) in [5, 5.41) is 0.708. The minimum absolute atomic E-state index is 0.0573. The zero-order chi connectivity index (χ0) is 28.8. The Morgan fingerprint density at radius 3 is 2.50 bits per heavy atom. The van der Waals surface area contributed by atoms with Crippen LogP contribution >= 0.6 is 23.4 Å². The molecular formula is C33H38ClNO4S. The summed E-state index contributed by atoms with van der Waals surface area (Å²) in [5.41, 5.74) is 3.82. The molecule has 1 amide bonds. The number of amides is 1. The smallest absolute Gasteiger partial charge is 0.254 e. The van der Waals surface area contributed by atoms with Gasteiger partial charge in [-0.25, -0.2) is 0 Å². The Morgan fingerprint density at radius 2 is 1.82 bits per heavy atom. The van der Waals surface area contributed by atoms with Crippen molar-refractivity contribution in [3.8, 4) is 5.75 Å². The molecule has 5 nitrogen and oxygen atoms in total. The summed E-state index contributed by atoms with van der Waals surface area (Å²) >= 11 is 8.12. The highest BCUT2D eigenvalue weighted by Crippen LogP contribution is 2.39. The average Bonchev–Trinajstić information content (AvgIpc) is 2.94. The van der Waals surface area contributed by atoms with E-state index in [-0.39, 0.29) is 29.6 Å². The van der Waals surface area contributed by atoms with Gasteiger partial charge in [0.15, 0.2) is 5.78 Å². The van der Waals surface area contributed by atoms with E-state index >= 15 is 0 Å². The van der Waals surface area contributed by atoms with E-state index in [1.807, 2.05) is 55.5 Å². The van der Waals surface area contributed by atoms with Crippen molar-refractivity contribution in [2.45, 2.75) is 50.7 Å². The molecule has 1 aliphatic heterocycles. The van der Waals surface area contributed by atoms with Crippen molar-refractivity contribution in [2.24, 2.45) is 11.8 Å². The zero-order valence-electron chi connectivity index (χ0n) is 23.9. The van der Waals surface area contributed by atoms with Gasteiger partial charge in [-0.2, -0.15) is 0 Å². The fourth-order valence-electron chi connectivity index (χ4n) is 5.04. The van der Waals surface area contributed by atoms with E-state index in [1.165, 1.54) is 11.8 Å². The fraction of sp³-hybridized carbons (Fsp3) is 0.394. The molecule has 212 valence electrons. The van der Waals surface area contributed by atoms with E-state index in [2.05, 4.69) is 32.0 Å². The molecule has 0 aliphatic carbocycles. The maximum atomic E-state index is 13.5. The Balaban J connectivity index is 1.54. The highest BCUT2D eigenvalue weighted by molar-refractivity contribution is 7.99. The van der Waals surface area contributed by atoms with Gasteiger partial charge in [-0.05, 0) is 72.7 Å². The normalized spacial score (nSPS) is 19.1. The van der Waals surface area contributed by atoms with Crippen LogP contribution in [0.15, 0.2) is 71.6 Å². The number of hydrogen-bond donors (Lipinski definition) is 0. The highest BCUT2D eigenvalue weighted by Gasteiger charge is 2.39. The fourth-order valence-corrected chi connectivity index (χ4v) is 6.28. The number of rotatable bonds is 10. The number of ketones is 1. The first kappa shape index (κ1) is 30.2. The van der Waals surface area contributed by atoms with Crippen molar-refractivity contribution >= 4 is 35.1 Å². The summed E-state index contributed by atoms with van der Waals surface area (Å²) in [7, 11) is 3.48. The Labute approximate surface area is 247 Å². The van der Waals surface area contributed by atoms with Crippen LogP contribution < -0.4 is 4.74 Å². The molecule has 1 aliphatic rings. The maximum Gasteiger partial charge on any atom is 0.254 e. The number of hydrogen-bond acceptors (Lipinski definition) is 5. The average molecular weight is 580 g/mol. The van der Waals surface area contributed by atoms with Gasteiger partial charge in [0.1, 0.15) is 11.9 Å². The molecule has 1 fully saturated rings. The maximum absolute atomic E-state index is 13.5. The van der Waals surface area contributed by atoms with Crippen LogP contribution in [0.4, 0.5) is 0 Å². The lowest BCUT2D eigenvalue weighted by atomic mass is 9.80. The molecule has 0 radical (unpaired) electrons. The minimum atomic E-state index is -0.566. The topological polar surface area (TPSA) is 55.8 Å². The van der Waals surface area contributed by atoms with Crippen LogP contribution in [0.3, 0.4) is 0 Å². The van der Waals surface area contributed by atoms with E-state index in [4.69, 9.17) is 21.1 Å². The Morgan fingerprint density at radius 1 is 1.10 bits per heavy atom. The summed E-state index contributed by atoms with van der Waals surface area (Å²) < 4.78 is 12.1. The van der Waals surface area contributed by atoms with Crippen molar-refractivity contribution in [1.82, 2.24) is 4.90 Å². The van der Waals surface area contributed by atoms with Crippen LogP contribution in [-0.4, -0.2) is 49.1 Å². The largest absolute Gasteiger partial charge is 0.494 e. The number of ether oxygens (including phenoxy) is 2. The Hall–Kier alpha value is -2.80. The summed E-state index contributed by atoms with van der Waals surface area (Å²) in [6.45, 7) is 6.80. The molecular weight excluding hydrogens is 542 g/mol. The van der Waals surface area contributed by atoms with Crippen LogP contribution in [0.25, 0.3) is 0 Å². The van der Waals surface area contributed by atoms with E-state index in [1.54, 1.807) is 19.0 Å². The number of carbonyl (C=O) groups is 2. The van der Waals surface area contributed by atoms with Crippen LogP contribution in [0, 0.1) is 11.8 Å². The highest BCUT2D eigenvalue weighted by atomic mass is 35.5. The molecule has 0 bridgehead atoms. The molecule has 40 heavy (non-hydrogen) atoms. The monoisotopic (exact) mass is 579 g/mol. The lowest BCUT2D eigenvalue weighted by Crippen LogP contribution is -2.42. The lowest BCUT2D eigenvalue weighted by Gasteiger charge is -2.36. The van der Waals surface area contributed by atoms with Gasteiger partial charge in [-0.1, -0.05) is 61.8 Å². The second-order valence-electron chi connectivity index (χ2n) is 10.7. The summed E-state index contributed by atoms with van der Waals surface area (Å²) in [6.07, 6.45) is 0.542. The van der Waals surface area contributed by atoms with E-state index in [9.17, 15) is 9.59 Å². The van der Waals surface area contributed by atoms with Crippen LogP contribution in [0.5, 0.6) is 5.75 Å². The van der Waals surface area contributed by atoms with Gasteiger partial charge in [0, 0.05) is 35.7 Å². The predicted octanol–water partition coefficient (Wildman–Crippen LogP) is 7.49. The predicted molar refractivity (Wildman–Crippen MR) is 163 cm³/mol. The molecule has 3 aromatic rings. The Bertz CT molecular complexity index is 1320. The number of benzene rings is 3. The van der Waals surface area contributed by atoms with Crippen molar-refractivity contribution in [3.05, 3.63) is 94.0 Å². The van der Waals surface area contributed by atoms with Crippen molar-refractivity contribution in [3.63, 3.8) is 0 Å². The van der Waals surface area contributed by atoms with Gasteiger partial charge in [0.05, 0.1) is 18.3 Å². The SMILES string of the molecule is CCOc1ccc(Cc2cc([C@H]3CC(C(C)C)C(=O)[C@@H](CSc4ccccc4C(=O)N(C)C)O3)ccc2Cl)cc1. The standard InChI is InChI=1S/C33H38ClNO4S/c1-6-38-25-14-11-22(12-15-25)17-24-18-23(13-16-28(24)34)29-19-27(21(2)3)32(36)30(39-29)20-40-31-10-8-7-9-26(31)33(37)35(4)5/h7-16,18,21,27,29-30H,6,17,19-20H2,1-5H3/t27?,29-,30-/m1/s1. The van der Waals surface area contributed by atoms with Crippen LogP contribution in [0.1, 0.15) is 60.3 Å². The van der Waals surface area contributed by atoms with Crippen LogP contribution in [0.2, 0.25) is 5.02 Å². The molecule has 1 saturated heterocycles. The Kier molecular flexibility index (Phi) is 10.3. The third-order valence-electron chi connectivity index (χ3n) is 7.27. The molecule has 3 aromatic carbocycles. The lowest BCUT2D eigenvalue weighted by molar-refractivity contribution is -0.150. The third-order valence-corrected chi connectivity index (χ3v) is 8.77. The van der Waals surface area contributed by atoms with Gasteiger partial charge in [-0.15, -0.1) is 11.8 Å². The first-order valence-corrected chi connectivity index (χ1v) is 15.2. The zero-order valence-corrected chi connectivity index (χ0v) is 25.4. The molecule has 1 heterocycles. The number of carbonyl (C=O) groups excluding carboxylic acids is 2. The van der Waals surface area contributed by atoms with E-state index in [0.717, 1.165) is 27.3 Å². The van der Waals surface area contributed by atoms with Crippen LogP contribution in [-0.2, 0) is 16.0 Å². The molecule has 7 heteroatoms. The van der Waals surface area contributed by atoms with Gasteiger partial charge >= 0.3 is 0 Å². The van der Waals surface area contributed by atoms with Crippen molar-refractivity contribution < 1.29 is 19.1 Å². The van der Waals surface area contributed by atoms with Crippen molar-refractivity contribution in [1.29, 1.82) is 0 Å².